The highest BCUT2D eigenvalue weighted by Gasteiger charge is 2.18. The lowest BCUT2D eigenvalue weighted by Crippen LogP contribution is -2.12. The topological polar surface area (TPSA) is 69.4 Å². The van der Waals surface area contributed by atoms with Crippen LogP contribution in [0.1, 0.15) is 33.2 Å². The zero-order valence-electron chi connectivity index (χ0n) is 11.1. The number of ether oxygens (including phenoxy) is 1. The number of carbonyl (C=O) groups is 2. The van der Waals surface area contributed by atoms with E-state index in [2.05, 4.69) is 0 Å². The van der Waals surface area contributed by atoms with Gasteiger partial charge in [0.2, 0.25) is 0 Å². The maximum absolute atomic E-state index is 12.4. The SMILES string of the molecule is CCOC(=O)c1cccc(C(=O)c2ccccc2)c1N. The molecule has 0 atom stereocenters. The molecule has 0 heterocycles. The number of carbonyl (C=O) groups excluding carboxylic acids is 2. The van der Waals surface area contributed by atoms with E-state index < -0.39 is 5.97 Å². The summed E-state index contributed by atoms with van der Waals surface area (Å²) in [5, 5.41) is 0. The molecule has 0 unspecified atom stereocenters. The number of esters is 1. The summed E-state index contributed by atoms with van der Waals surface area (Å²) in [6.07, 6.45) is 0. The van der Waals surface area contributed by atoms with Crippen molar-refractivity contribution in [3.05, 3.63) is 65.2 Å². The molecule has 4 nitrogen and oxygen atoms in total. The average Bonchev–Trinajstić information content (AvgIpc) is 2.48. The lowest BCUT2D eigenvalue weighted by atomic mass is 9.99. The Hall–Kier alpha value is -2.62. The van der Waals surface area contributed by atoms with Gasteiger partial charge in [-0.05, 0) is 19.1 Å². The molecule has 0 aliphatic carbocycles. The molecular formula is C16H15NO3. The van der Waals surface area contributed by atoms with Crippen molar-refractivity contribution >= 4 is 17.4 Å². The minimum Gasteiger partial charge on any atom is -0.462 e. The first-order chi connectivity index (χ1) is 9.65. The number of ketones is 1. The lowest BCUT2D eigenvalue weighted by Gasteiger charge is -2.09. The van der Waals surface area contributed by atoms with E-state index in [-0.39, 0.29) is 23.6 Å². The molecule has 102 valence electrons. The van der Waals surface area contributed by atoms with Crippen molar-refractivity contribution in [2.75, 3.05) is 12.3 Å². The highest BCUT2D eigenvalue weighted by molar-refractivity contribution is 6.14. The van der Waals surface area contributed by atoms with Gasteiger partial charge >= 0.3 is 5.97 Å². The first kappa shape index (κ1) is 13.8. The van der Waals surface area contributed by atoms with E-state index in [9.17, 15) is 9.59 Å². The van der Waals surface area contributed by atoms with Crippen molar-refractivity contribution in [3.8, 4) is 0 Å². The molecule has 2 N–H and O–H groups in total. The Kier molecular flexibility index (Phi) is 4.15. The Bertz CT molecular complexity index is 635. The largest absolute Gasteiger partial charge is 0.462 e. The molecule has 0 saturated heterocycles. The average molecular weight is 269 g/mol. The Balaban J connectivity index is 2.41. The fourth-order valence-corrected chi connectivity index (χ4v) is 1.90. The van der Waals surface area contributed by atoms with E-state index in [1.165, 1.54) is 0 Å². The smallest absolute Gasteiger partial charge is 0.340 e. The van der Waals surface area contributed by atoms with Crippen LogP contribution in [0.4, 0.5) is 5.69 Å². The summed E-state index contributed by atoms with van der Waals surface area (Å²) in [4.78, 5) is 24.1. The first-order valence-electron chi connectivity index (χ1n) is 6.30. The maximum Gasteiger partial charge on any atom is 0.340 e. The second kappa shape index (κ2) is 6.02. The highest BCUT2D eigenvalue weighted by Crippen LogP contribution is 2.21. The van der Waals surface area contributed by atoms with Crippen molar-refractivity contribution in [1.29, 1.82) is 0 Å². The molecule has 0 amide bonds. The predicted octanol–water partition coefficient (Wildman–Crippen LogP) is 2.68. The van der Waals surface area contributed by atoms with Crippen LogP contribution in [-0.2, 0) is 4.74 Å². The molecule has 0 spiro atoms. The molecule has 0 aromatic heterocycles. The van der Waals surface area contributed by atoms with Crippen LogP contribution < -0.4 is 5.73 Å². The van der Waals surface area contributed by atoms with Crippen LogP contribution in [-0.4, -0.2) is 18.4 Å². The van der Waals surface area contributed by atoms with Crippen LogP contribution in [0.2, 0.25) is 0 Å². The van der Waals surface area contributed by atoms with Gasteiger partial charge in [-0.25, -0.2) is 4.79 Å². The molecule has 2 rings (SSSR count). The Morgan fingerprint density at radius 2 is 1.65 bits per heavy atom. The molecule has 0 radical (unpaired) electrons. The van der Waals surface area contributed by atoms with Crippen molar-refractivity contribution < 1.29 is 14.3 Å². The van der Waals surface area contributed by atoms with Gasteiger partial charge in [-0.15, -0.1) is 0 Å². The number of hydrogen-bond acceptors (Lipinski definition) is 4. The maximum atomic E-state index is 12.4. The number of rotatable bonds is 4. The molecule has 2 aromatic carbocycles. The van der Waals surface area contributed by atoms with Gasteiger partial charge in [-0.3, -0.25) is 4.79 Å². The highest BCUT2D eigenvalue weighted by atomic mass is 16.5. The molecule has 20 heavy (non-hydrogen) atoms. The zero-order valence-corrected chi connectivity index (χ0v) is 11.1. The van der Waals surface area contributed by atoms with Gasteiger partial charge in [-0.1, -0.05) is 36.4 Å². The summed E-state index contributed by atoms with van der Waals surface area (Å²) in [6, 6.07) is 13.6. The van der Waals surface area contributed by atoms with E-state index in [0.29, 0.717) is 11.1 Å². The third-order valence-electron chi connectivity index (χ3n) is 2.88. The van der Waals surface area contributed by atoms with Crippen molar-refractivity contribution in [2.24, 2.45) is 0 Å². The van der Waals surface area contributed by atoms with Crippen molar-refractivity contribution in [2.45, 2.75) is 6.92 Å². The van der Waals surface area contributed by atoms with E-state index >= 15 is 0 Å². The second-order valence-electron chi connectivity index (χ2n) is 4.18. The van der Waals surface area contributed by atoms with Crippen molar-refractivity contribution in [3.63, 3.8) is 0 Å². The third kappa shape index (κ3) is 2.69. The van der Waals surface area contributed by atoms with Gasteiger partial charge in [0.05, 0.1) is 17.9 Å². The fourth-order valence-electron chi connectivity index (χ4n) is 1.90. The molecule has 0 aliphatic heterocycles. The van der Waals surface area contributed by atoms with Crippen LogP contribution in [0, 0.1) is 0 Å². The summed E-state index contributed by atoms with van der Waals surface area (Å²) in [6.45, 7) is 1.97. The van der Waals surface area contributed by atoms with Crippen LogP contribution in [0.3, 0.4) is 0 Å². The Labute approximate surface area is 117 Å². The van der Waals surface area contributed by atoms with E-state index in [4.69, 9.17) is 10.5 Å². The van der Waals surface area contributed by atoms with Crippen LogP contribution in [0.15, 0.2) is 48.5 Å². The molecule has 4 heteroatoms. The van der Waals surface area contributed by atoms with E-state index in [1.54, 1.807) is 49.4 Å². The van der Waals surface area contributed by atoms with Crippen LogP contribution in [0.25, 0.3) is 0 Å². The minimum absolute atomic E-state index is 0.153. The summed E-state index contributed by atoms with van der Waals surface area (Å²) in [5.74, 6) is -0.734. The molecular weight excluding hydrogens is 254 g/mol. The first-order valence-corrected chi connectivity index (χ1v) is 6.30. The number of hydrogen-bond donors (Lipinski definition) is 1. The Morgan fingerprint density at radius 3 is 2.30 bits per heavy atom. The van der Waals surface area contributed by atoms with Crippen LogP contribution >= 0.6 is 0 Å². The second-order valence-corrected chi connectivity index (χ2v) is 4.18. The number of nitrogens with two attached hydrogens (primary N) is 1. The normalized spacial score (nSPS) is 10.1. The van der Waals surface area contributed by atoms with Gasteiger partial charge < -0.3 is 10.5 Å². The van der Waals surface area contributed by atoms with E-state index in [0.717, 1.165) is 0 Å². The monoisotopic (exact) mass is 269 g/mol. The van der Waals surface area contributed by atoms with Gasteiger partial charge in [0.15, 0.2) is 5.78 Å². The standard InChI is InChI=1S/C16H15NO3/c1-2-20-16(19)13-10-6-9-12(14(13)17)15(18)11-7-4-3-5-8-11/h3-10H,2,17H2,1H3. The van der Waals surface area contributed by atoms with Gasteiger partial charge in [0, 0.05) is 11.1 Å². The summed E-state index contributed by atoms with van der Waals surface area (Å²) in [7, 11) is 0. The summed E-state index contributed by atoms with van der Waals surface area (Å²) in [5.41, 5.74) is 7.14. The lowest BCUT2D eigenvalue weighted by molar-refractivity contribution is 0.0527. The van der Waals surface area contributed by atoms with Crippen LogP contribution in [0.5, 0.6) is 0 Å². The molecule has 0 fully saturated rings. The zero-order chi connectivity index (χ0) is 14.5. The number of benzene rings is 2. The Morgan fingerprint density at radius 1 is 1.00 bits per heavy atom. The summed E-state index contributed by atoms with van der Waals surface area (Å²) >= 11 is 0. The number of nitrogen functional groups attached to an aromatic ring is 1. The van der Waals surface area contributed by atoms with Gasteiger partial charge in [0.25, 0.3) is 0 Å². The third-order valence-corrected chi connectivity index (χ3v) is 2.88. The van der Waals surface area contributed by atoms with Gasteiger partial charge in [0.1, 0.15) is 0 Å². The molecule has 0 saturated carbocycles. The van der Waals surface area contributed by atoms with Crippen molar-refractivity contribution in [1.82, 2.24) is 0 Å². The quantitative estimate of drug-likeness (QED) is 0.526. The molecule has 2 aromatic rings. The molecule has 0 aliphatic rings. The van der Waals surface area contributed by atoms with E-state index in [1.807, 2.05) is 6.07 Å². The number of anilines is 1. The predicted molar refractivity (Wildman–Crippen MR) is 76.7 cm³/mol. The van der Waals surface area contributed by atoms with Gasteiger partial charge in [-0.2, -0.15) is 0 Å². The fraction of sp³-hybridized carbons (Fsp3) is 0.125. The minimum atomic E-state index is -0.521. The molecule has 0 bridgehead atoms. The number of para-hydroxylation sites is 1. The summed E-state index contributed by atoms with van der Waals surface area (Å²) < 4.78 is 4.92.